The molecule has 0 spiro atoms. The van der Waals surface area contributed by atoms with Gasteiger partial charge in [-0.25, -0.2) is 4.79 Å². The minimum Gasteiger partial charge on any atom is -0.444 e. The number of ether oxygens (including phenoxy) is 1. The number of rotatable bonds is 3. The molecule has 5 heteroatoms. The number of hydrogen-bond acceptors (Lipinski definition) is 3. The Labute approximate surface area is 119 Å². The lowest BCUT2D eigenvalue weighted by atomic mass is 10.2. The largest absolute Gasteiger partial charge is 0.444 e. The second kappa shape index (κ2) is 5.69. The third kappa shape index (κ3) is 3.40. The van der Waals surface area contributed by atoms with Gasteiger partial charge in [-0.2, -0.15) is 0 Å². The van der Waals surface area contributed by atoms with Crippen LogP contribution < -0.4 is 0 Å². The summed E-state index contributed by atoms with van der Waals surface area (Å²) in [7, 11) is 0. The Morgan fingerprint density at radius 2 is 2.10 bits per heavy atom. The van der Waals surface area contributed by atoms with Crippen LogP contribution in [-0.4, -0.2) is 34.0 Å². The molecule has 0 aliphatic carbocycles. The second-order valence-electron chi connectivity index (χ2n) is 6.07. The first kappa shape index (κ1) is 14.6. The average Bonchev–Trinajstić information content (AvgIpc) is 2.76. The molecule has 0 bridgehead atoms. The fraction of sp³-hybridized carbons (Fsp3) is 0.600. The van der Waals surface area contributed by atoms with Gasteiger partial charge in [0, 0.05) is 30.9 Å². The smallest absolute Gasteiger partial charge is 0.410 e. The van der Waals surface area contributed by atoms with E-state index in [4.69, 9.17) is 4.74 Å². The topological polar surface area (TPSA) is 51.5 Å². The van der Waals surface area contributed by atoms with E-state index in [0.29, 0.717) is 19.5 Å². The van der Waals surface area contributed by atoms with E-state index >= 15 is 0 Å². The van der Waals surface area contributed by atoms with Crippen LogP contribution in [0.15, 0.2) is 12.1 Å². The maximum Gasteiger partial charge on any atom is 0.410 e. The second-order valence-corrected chi connectivity index (χ2v) is 6.07. The predicted molar refractivity (Wildman–Crippen MR) is 75.5 cm³/mol. The highest BCUT2D eigenvalue weighted by Crippen LogP contribution is 2.20. The van der Waals surface area contributed by atoms with Crippen molar-refractivity contribution >= 4 is 12.4 Å². The number of carbonyl (C=O) groups is 2. The molecule has 0 saturated heterocycles. The number of hydrogen-bond donors (Lipinski definition) is 0. The van der Waals surface area contributed by atoms with E-state index in [1.807, 2.05) is 32.9 Å². The molecule has 2 rings (SSSR count). The fourth-order valence-electron chi connectivity index (χ4n) is 2.38. The minimum absolute atomic E-state index is 0.264. The van der Waals surface area contributed by atoms with Crippen molar-refractivity contribution in [3.05, 3.63) is 23.5 Å². The normalized spacial score (nSPS) is 14.8. The fourth-order valence-corrected chi connectivity index (χ4v) is 2.38. The quantitative estimate of drug-likeness (QED) is 0.798. The summed E-state index contributed by atoms with van der Waals surface area (Å²) in [6.45, 7) is 7.58. The first-order valence-corrected chi connectivity index (χ1v) is 6.99. The van der Waals surface area contributed by atoms with Gasteiger partial charge in [0.25, 0.3) is 0 Å². The monoisotopic (exact) mass is 278 g/mol. The number of carbonyl (C=O) groups excluding carboxylic acids is 2. The summed E-state index contributed by atoms with van der Waals surface area (Å²) >= 11 is 0. The number of nitrogens with zero attached hydrogens (tertiary/aromatic N) is 2. The van der Waals surface area contributed by atoms with E-state index in [-0.39, 0.29) is 6.09 Å². The third-order valence-corrected chi connectivity index (χ3v) is 3.28. The molecule has 1 aromatic heterocycles. The highest BCUT2D eigenvalue weighted by Gasteiger charge is 2.26. The molecule has 0 atom stereocenters. The summed E-state index contributed by atoms with van der Waals surface area (Å²) in [4.78, 5) is 24.2. The van der Waals surface area contributed by atoms with Crippen molar-refractivity contribution in [3.8, 4) is 0 Å². The first-order valence-electron chi connectivity index (χ1n) is 6.99. The van der Waals surface area contributed by atoms with Gasteiger partial charge in [-0.1, -0.05) is 0 Å². The Balaban J connectivity index is 2.03. The average molecular weight is 278 g/mol. The number of aromatic nitrogens is 1. The Morgan fingerprint density at radius 3 is 2.75 bits per heavy atom. The molecule has 110 valence electrons. The van der Waals surface area contributed by atoms with Crippen molar-refractivity contribution in [2.45, 2.75) is 52.3 Å². The highest BCUT2D eigenvalue weighted by atomic mass is 16.6. The van der Waals surface area contributed by atoms with Crippen LogP contribution in [0.3, 0.4) is 0 Å². The van der Waals surface area contributed by atoms with Crippen LogP contribution in [0.2, 0.25) is 0 Å². The molecule has 1 aromatic rings. The molecule has 5 nitrogen and oxygen atoms in total. The summed E-state index contributed by atoms with van der Waals surface area (Å²) in [5.41, 5.74) is 1.80. The van der Waals surface area contributed by atoms with E-state index in [1.165, 1.54) is 0 Å². The van der Waals surface area contributed by atoms with Crippen molar-refractivity contribution in [2.24, 2.45) is 0 Å². The maximum atomic E-state index is 12.1. The van der Waals surface area contributed by atoms with Crippen LogP contribution in [0, 0.1) is 0 Å². The molecule has 2 heterocycles. The molecule has 20 heavy (non-hydrogen) atoms. The Kier molecular flexibility index (Phi) is 4.16. The van der Waals surface area contributed by atoms with Crippen molar-refractivity contribution < 1.29 is 14.3 Å². The van der Waals surface area contributed by atoms with Gasteiger partial charge in [-0.15, -0.1) is 0 Å². The van der Waals surface area contributed by atoms with Crippen LogP contribution >= 0.6 is 0 Å². The van der Waals surface area contributed by atoms with Gasteiger partial charge in [0.05, 0.1) is 6.54 Å². The molecule has 0 aromatic carbocycles. The van der Waals surface area contributed by atoms with Crippen LogP contribution in [0.5, 0.6) is 0 Å². The lowest BCUT2D eigenvalue weighted by Crippen LogP contribution is -2.41. The molecule has 0 fully saturated rings. The Bertz CT molecular complexity index is 500. The van der Waals surface area contributed by atoms with E-state index in [2.05, 4.69) is 4.57 Å². The number of aldehydes is 1. The van der Waals surface area contributed by atoms with E-state index in [0.717, 1.165) is 30.6 Å². The number of aryl methyl sites for hydroxylation is 1. The van der Waals surface area contributed by atoms with Gasteiger partial charge in [-0.05, 0) is 39.3 Å². The summed E-state index contributed by atoms with van der Waals surface area (Å²) < 4.78 is 7.59. The Morgan fingerprint density at radius 1 is 1.35 bits per heavy atom. The van der Waals surface area contributed by atoms with Gasteiger partial charge in [-0.3, -0.25) is 0 Å². The maximum absolute atomic E-state index is 12.1. The zero-order valence-electron chi connectivity index (χ0n) is 12.4. The van der Waals surface area contributed by atoms with Gasteiger partial charge < -0.3 is 19.0 Å². The van der Waals surface area contributed by atoms with Crippen molar-refractivity contribution in [2.75, 3.05) is 6.54 Å². The molecular formula is C15H22N2O3. The van der Waals surface area contributed by atoms with E-state index in [9.17, 15) is 9.59 Å². The molecule has 0 unspecified atom stereocenters. The summed E-state index contributed by atoms with van der Waals surface area (Å²) in [5.74, 6) is 0. The van der Waals surface area contributed by atoms with Gasteiger partial charge in [0.15, 0.2) is 0 Å². The van der Waals surface area contributed by atoms with Crippen molar-refractivity contribution in [1.82, 2.24) is 9.47 Å². The summed E-state index contributed by atoms with van der Waals surface area (Å²) in [6.07, 6.45) is 1.98. The van der Waals surface area contributed by atoms with Gasteiger partial charge in [0.2, 0.25) is 0 Å². The van der Waals surface area contributed by atoms with Crippen LogP contribution in [0.4, 0.5) is 4.79 Å². The SMILES string of the molecule is CC(C)(C)OC(=O)N1CCn2c(CCC=O)ccc2C1. The predicted octanol–water partition coefficient (Wildman–Crippen LogP) is 2.37. The highest BCUT2D eigenvalue weighted by molar-refractivity contribution is 5.68. The van der Waals surface area contributed by atoms with Crippen LogP contribution in [-0.2, 0) is 29.0 Å². The third-order valence-electron chi connectivity index (χ3n) is 3.28. The van der Waals surface area contributed by atoms with E-state index in [1.54, 1.807) is 4.90 Å². The molecule has 1 aliphatic heterocycles. The molecular weight excluding hydrogens is 256 g/mol. The molecule has 1 aliphatic rings. The van der Waals surface area contributed by atoms with Crippen molar-refractivity contribution in [1.29, 1.82) is 0 Å². The Hall–Kier alpha value is -1.78. The summed E-state index contributed by atoms with van der Waals surface area (Å²) in [5, 5.41) is 0. The molecule has 0 radical (unpaired) electrons. The van der Waals surface area contributed by atoms with E-state index < -0.39 is 5.60 Å². The summed E-state index contributed by atoms with van der Waals surface area (Å²) in [6, 6.07) is 4.06. The molecule has 1 amide bonds. The standard InChI is InChI=1S/C15H22N2O3/c1-15(2,3)20-14(19)16-8-9-17-12(5-4-10-18)6-7-13(17)11-16/h6-7,10H,4-5,8-9,11H2,1-3H3. The number of fused-ring (bicyclic) bond motifs is 1. The molecule has 0 saturated carbocycles. The lowest BCUT2D eigenvalue weighted by Gasteiger charge is -2.31. The van der Waals surface area contributed by atoms with Crippen LogP contribution in [0.25, 0.3) is 0 Å². The zero-order valence-corrected chi connectivity index (χ0v) is 12.4. The molecule has 0 N–H and O–H groups in total. The lowest BCUT2D eigenvalue weighted by molar-refractivity contribution is -0.107. The van der Waals surface area contributed by atoms with Gasteiger partial charge in [0.1, 0.15) is 11.9 Å². The number of amides is 1. The first-order chi connectivity index (χ1) is 9.40. The van der Waals surface area contributed by atoms with Gasteiger partial charge >= 0.3 is 6.09 Å². The van der Waals surface area contributed by atoms with Crippen molar-refractivity contribution in [3.63, 3.8) is 0 Å². The minimum atomic E-state index is -0.467. The zero-order chi connectivity index (χ0) is 14.8. The van der Waals surface area contributed by atoms with Crippen LogP contribution in [0.1, 0.15) is 38.6 Å².